The SMILES string of the molecule is O=C(O)C/C=C\c1ccccc1F. The van der Waals surface area contributed by atoms with Gasteiger partial charge in [-0.25, -0.2) is 4.39 Å². The molecule has 1 aromatic rings. The molecule has 0 saturated heterocycles. The Kier molecular flexibility index (Phi) is 3.20. The van der Waals surface area contributed by atoms with Crippen LogP contribution in [-0.4, -0.2) is 11.1 Å². The van der Waals surface area contributed by atoms with Crippen molar-refractivity contribution in [2.75, 3.05) is 0 Å². The molecule has 0 spiro atoms. The van der Waals surface area contributed by atoms with Gasteiger partial charge >= 0.3 is 5.97 Å². The van der Waals surface area contributed by atoms with Crippen LogP contribution in [-0.2, 0) is 4.79 Å². The van der Waals surface area contributed by atoms with Crippen LogP contribution in [0.5, 0.6) is 0 Å². The fourth-order valence-electron chi connectivity index (χ4n) is 0.897. The van der Waals surface area contributed by atoms with Crippen molar-refractivity contribution in [1.82, 2.24) is 0 Å². The Morgan fingerprint density at radius 2 is 2.15 bits per heavy atom. The van der Waals surface area contributed by atoms with E-state index in [0.717, 1.165) is 0 Å². The van der Waals surface area contributed by atoms with Crippen molar-refractivity contribution in [3.05, 3.63) is 41.7 Å². The maximum Gasteiger partial charge on any atom is 0.307 e. The van der Waals surface area contributed by atoms with Crippen molar-refractivity contribution in [2.45, 2.75) is 6.42 Å². The minimum atomic E-state index is -0.924. The molecule has 1 N–H and O–H groups in total. The number of carbonyl (C=O) groups is 1. The van der Waals surface area contributed by atoms with E-state index in [1.165, 1.54) is 18.2 Å². The third-order valence-electron chi connectivity index (χ3n) is 1.50. The first kappa shape index (κ1) is 9.45. The van der Waals surface area contributed by atoms with Crippen molar-refractivity contribution >= 4 is 12.0 Å². The minimum Gasteiger partial charge on any atom is -0.481 e. The lowest BCUT2D eigenvalue weighted by Crippen LogP contribution is -1.89. The quantitative estimate of drug-likeness (QED) is 0.774. The molecule has 0 amide bonds. The van der Waals surface area contributed by atoms with E-state index in [1.807, 2.05) is 0 Å². The summed E-state index contributed by atoms with van der Waals surface area (Å²) in [6.07, 6.45) is 2.79. The van der Waals surface area contributed by atoms with E-state index < -0.39 is 5.97 Å². The third kappa shape index (κ3) is 3.07. The molecule has 13 heavy (non-hydrogen) atoms. The summed E-state index contributed by atoms with van der Waals surface area (Å²) >= 11 is 0. The standard InChI is InChI=1S/C10H9FO2/c11-9-6-2-1-4-8(9)5-3-7-10(12)13/h1-6H,7H2,(H,12,13)/b5-3-. The van der Waals surface area contributed by atoms with Gasteiger partial charge in [0.15, 0.2) is 0 Å². The average molecular weight is 180 g/mol. The van der Waals surface area contributed by atoms with Gasteiger partial charge in [-0.15, -0.1) is 0 Å². The molecule has 0 heterocycles. The first-order valence-electron chi connectivity index (χ1n) is 3.83. The molecule has 0 aliphatic heterocycles. The molecule has 0 fully saturated rings. The molecule has 0 radical (unpaired) electrons. The average Bonchev–Trinajstić information content (AvgIpc) is 2.08. The summed E-state index contributed by atoms with van der Waals surface area (Å²) in [5.74, 6) is -1.27. The van der Waals surface area contributed by atoms with E-state index in [-0.39, 0.29) is 12.2 Å². The number of carboxylic acids is 1. The van der Waals surface area contributed by atoms with Gasteiger partial charge in [-0.1, -0.05) is 30.4 Å². The fourth-order valence-corrected chi connectivity index (χ4v) is 0.897. The van der Waals surface area contributed by atoms with Crippen molar-refractivity contribution in [3.8, 4) is 0 Å². The van der Waals surface area contributed by atoms with Gasteiger partial charge in [0.2, 0.25) is 0 Å². The highest BCUT2D eigenvalue weighted by Gasteiger charge is 1.95. The molecule has 1 rings (SSSR count). The van der Waals surface area contributed by atoms with E-state index in [9.17, 15) is 9.18 Å². The lowest BCUT2D eigenvalue weighted by molar-refractivity contribution is -0.135. The highest BCUT2D eigenvalue weighted by molar-refractivity contribution is 5.70. The fraction of sp³-hybridized carbons (Fsp3) is 0.100. The predicted molar refractivity (Wildman–Crippen MR) is 47.7 cm³/mol. The van der Waals surface area contributed by atoms with Crippen molar-refractivity contribution in [3.63, 3.8) is 0 Å². The number of hydrogen-bond acceptors (Lipinski definition) is 1. The Morgan fingerprint density at radius 1 is 1.46 bits per heavy atom. The highest BCUT2D eigenvalue weighted by atomic mass is 19.1. The second-order valence-electron chi connectivity index (χ2n) is 2.52. The van der Waals surface area contributed by atoms with Crippen LogP contribution in [0.25, 0.3) is 6.08 Å². The number of rotatable bonds is 3. The van der Waals surface area contributed by atoms with Gasteiger partial charge in [0.25, 0.3) is 0 Å². The largest absolute Gasteiger partial charge is 0.481 e. The van der Waals surface area contributed by atoms with Crippen LogP contribution < -0.4 is 0 Å². The zero-order chi connectivity index (χ0) is 9.68. The molecule has 0 aromatic heterocycles. The molecular formula is C10H9FO2. The van der Waals surface area contributed by atoms with Gasteiger partial charge in [-0.2, -0.15) is 0 Å². The summed E-state index contributed by atoms with van der Waals surface area (Å²) in [5, 5.41) is 8.32. The first-order valence-corrected chi connectivity index (χ1v) is 3.83. The molecule has 0 aliphatic carbocycles. The number of carboxylic acid groups (broad SMARTS) is 1. The van der Waals surface area contributed by atoms with Crippen LogP contribution in [0.2, 0.25) is 0 Å². The van der Waals surface area contributed by atoms with Gasteiger partial charge < -0.3 is 5.11 Å². The minimum absolute atomic E-state index is 0.0890. The lowest BCUT2D eigenvalue weighted by Gasteiger charge is -1.93. The van der Waals surface area contributed by atoms with Gasteiger partial charge in [0.05, 0.1) is 6.42 Å². The maximum atomic E-state index is 12.9. The molecule has 0 saturated carbocycles. The summed E-state index contributed by atoms with van der Waals surface area (Å²) in [7, 11) is 0. The molecule has 3 heteroatoms. The number of halogens is 1. The molecule has 0 bridgehead atoms. The van der Waals surface area contributed by atoms with E-state index in [1.54, 1.807) is 18.2 Å². The van der Waals surface area contributed by atoms with Crippen LogP contribution in [0.3, 0.4) is 0 Å². The summed E-state index contributed by atoms with van der Waals surface area (Å²) < 4.78 is 12.9. The second-order valence-corrected chi connectivity index (χ2v) is 2.52. The molecule has 0 aliphatic rings. The maximum absolute atomic E-state index is 12.9. The summed E-state index contributed by atoms with van der Waals surface area (Å²) in [5.41, 5.74) is 0.406. The first-order chi connectivity index (χ1) is 6.20. The highest BCUT2D eigenvalue weighted by Crippen LogP contribution is 2.08. The monoisotopic (exact) mass is 180 g/mol. The van der Waals surface area contributed by atoms with Crippen LogP contribution >= 0.6 is 0 Å². The lowest BCUT2D eigenvalue weighted by atomic mass is 10.2. The predicted octanol–water partition coefficient (Wildman–Crippen LogP) is 2.31. The molecule has 68 valence electrons. The Hall–Kier alpha value is -1.64. The zero-order valence-electron chi connectivity index (χ0n) is 6.90. The molecule has 2 nitrogen and oxygen atoms in total. The van der Waals surface area contributed by atoms with Crippen molar-refractivity contribution < 1.29 is 14.3 Å². The Morgan fingerprint density at radius 3 is 2.77 bits per heavy atom. The van der Waals surface area contributed by atoms with Gasteiger partial charge in [-0.05, 0) is 6.07 Å². The van der Waals surface area contributed by atoms with E-state index in [2.05, 4.69) is 0 Å². The number of benzene rings is 1. The normalized spacial score (nSPS) is 10.5. The molecular weight excluding hydrogens is 171 g/mol. The van der Waals surface area contributed by atoms with E-state index in [0.29, 0.717) is 5.56 Å². The topological polar surface area (TPSA) is 37.3 Å². The van der Waals surface area contributed by atoms with Gasteiger partial charge in [0, 0.05) is 5.56 Å². The van der Waals surface area contributed by atoms with Crippen LogP contribution in [0.1, 0.15) is 12.0 Å². The Balaban J connectivity index is 2.68. The summed E-state index contributed by atoms with van der Waals surface area (Å²) in [6.45, 7) is 0. The van der Waals surface area contributed by atoms with Gasteiger partial charge in [0.1, 0.15) is 5.82 Å². The molecule has 0 atom stereocenters. The van der Waals surface area contributed by atoms with Crippen molar-refractivity contribution in [1.29, 1.82) is 0 Å². The molecule has 1 aromatic carbocycles. The third-order valence-corrected chi connectivity index (χ3v) is 1.50. The van der Waals surface area contributed by atoms with E-state index >= 15 is 0 Å². The van der Waals surface area contributed by atoms with E-state index in [4.69, 9.17) is 5.11 Å². The number of aliphatic carboxylic acids is 1. The summed E-state index contributed by atoms with van der Waals surface area (Å²) in [4.78, 5) is 10.1. The Bertz CT molecular complexity index is 331. The second kappa shape index (κ2) is 4.40. The van der Waals surface area contributed by atoms with Crippen LogP contribution in [0, 0.1) is 5.82 Å². The molecule has 0 unspecified atom stereocenters. The van der Waals surface area contributed by atoms with Crippen molar-refractivity contribution in [2.24, 2.45) is 0 Å². The van der Waals surface area contributed by atoms with Crippen LogP contribution in [0.15, 0.2) is 30.3 Å². The van der Waals surface area contributed by atoms with Gasteiger partial charge in [-0.3, -0.25) is 4.79 Å². The Labute approximate surface area is 75.3 Å². The summed E-state index contributed by atoms with van der Waals surface area (Å²) in [6, 6.07) is 6.21. The zero-order valence-corrected chi connectivity index (χ0v) is 6.90. The number of hydrogen-bond donors (Lipinski definition) is 1. The van der Waals surface area contributed by atoms with Crippen LogP contribution in [0.4, 0.5) is 4.39 Å². The smallest absolute Gasteiger partial charge is 0.307 e.